The van der Waals surface area contributed by atoms with Crippen molar-refractivity contribution >= 4 is 11.6 Å². The number of amides is 1. The number of fused-ring (bicyclic) bond motifs is 1. The van der Waals surface area contributed by atoms with Crippen LogP contribution in [0.3, 0.4) is 0 Å². The van der Waals surface area contributed by atoms with E-state index in [2.05, 4.69) is 20.4 Å². The Morgan fingerprint density at radius 3 is 2.67 bits per heavy atom. The Bertz CT molecular complexity index is 728. The van der Waals surface area contributed by atoms with Crippen LogP contribution < -0.4 is 5.32 Å². The maximum absolute atomic E-state index is 12.2. The Kier molecular flexibility index (Phi) is 3.84. The minimum atomic E-state index is -0.126. The van der Waals surface area contributed by atoms with E-state index in [0.29, 0.717) is 11.7 Å². The van der Waals surface area contributed by atoms with E-state index >= 15 is 0 Å². The van der Waals surface area contributed by atoms with Gasteiger partial charge in [-0.1, -0.05) is 22.9 Å². The molecule has 0 radical (unpaired) electrons. The van der Waals surface area contributed by atoms with Crippen LogP contribution in [0.5, 0.6) is 0 Å². The van der Waals surface area contributed by atoms with Gasteiger partial charge in [-0.2, -0.15) is 4.98 Å². The number of carbonyl (C=O) groups is 1. The molecular weight excluding hydrogens is 304 g/mol. The molecule has 1 aromatic carbocycles. The lowest BCUT2D eigenvalue weighted by molar-refractivity contribution is -0.115. The third kappa shape index (κ3) is 2.71. The van der Waals surface area contributed by atoms with Gasteiger partial charge in [0.1, 0.15) is 5.54 Å². The largest absolute Gasteiger partial charge is 0.337 e. The van der Waals surface area contributed by atoms with Gasteiger partial charge >= 0.3 is 0 Å². The van der Waals surface area contributed by atoms with Crippen molar-refractivity contribution in [3.05, 3.63) is 41.5 Å². The number of anilines is 1. The van der Waals surface area contributed by atoms with Crippen LogP contribution in [0, 0.1) is 6.92 Å². The Morgan fingerprint density at radius 1 is 1.25 bits per heavy atom. The highest BCUT2D eigenvalue weighted by atomic mass is 16.5. The van der Waals surface area contributed by atoms with Gasteiger partial charge < -0.3 is 9.84 Å². The first kappa shape index (κ1) is 15.3. The van der Waals surface area contributed by atoms with Crippen LogP contribution in [0.25, 0.3) is 0 Å². The molecule has 0 saturated carbocycles. The minimum absolute atomic E-state index is 0.0708. The van der Waals surface area contributed by atoms with E-state index in [1.807, 2.05) is 31.2 Å². The Labute approximate surface area is 141 Å². The maximum atomic E-state index is 12.2. The molecular formula is C18H22N4O2. The molecule has 1 N–H and O–H groups in total. The lowest BCUT2D eigenvalue weighted by Crippen LogP contribution is -2.35. The number of rotatable bonds is 4. The summed E-state index contributed by atoms with van der Waals surface area (Å²) in [6.45, 7) is 4.22. The molecule has 1 aromatic heterocycles. The number of hydrogen-bond acceptors (Lipinski definition) is 5. The predicted molar refractivity (Wildman–Crippen MR) is 89.5 cm³/mol. The number of carbonyl (C=O) groups excluding carboxylic acids is 1. The monoisotopic (exact) mass is 326 g/mol. The van der Waals surface area contributed by atoms with E-state index in [4.69, 9.17) is 4.52 Å². The topological polar surface area (TPSA) is 71.3 Å². The molecule has 24 heavy (non-hydrogen) atoms. The lowest BCUT2D eigenvalue weighted by atomic mass is 9.94. The number of benzene rings is 1. The molecule has 0 atom stereocenters. The standard InChI is InChI=1S/C18H22N4O2/c1-13-4-6-14(7-5-13)19-16(23)12-15-20-17(24-21-15)18-8-2-10-22(18)11-3-9-18/h4-7H,2-3,8-12H2,1H3,(H,19,23). The molecule has 0 aliphatic carbocycles. The number of aryl methyl sites for hydroxylation is 1. The fraction of sp³-hybridized carbons (Fsp3) is 0.500. The van der Waals surface area contributed by atoms with Crippen molar-refractivity contribution in [2.45, 2.75) is 44.6 Å². The van der Waals surface area contributed by atoms with Crippen molar-refractivity contribution in [3.63, 3.8) is 0 Å². The van der Waals surface area contributed by atoms with Crippen molar-refractivity contribution in [2.24, 2.45) is 0 Å². The van der Waals surface area contributed by atoms with Crippen LogP contribution in [0.2, 0.25) is 0 Å². The van der Waals surface area contributed by atoms with E-state index < -0.39 is 0 Å². The van der Waals surface area contributed by atoms with Crippen molar-refractivity contribution in [3.8, 4) is 0 Å². The highest BCUT2D eigenvalue weighted by Gasteiger charge is 2.49. The molecule has 6 heteroatoms. The molecule has 0 bridgehead atoms. The first-order chi connectivity index (χ1) is 11.7. The zero-order valence-electron chi connectivity index (χ0n) is 13.9. The summed E-state index contributed by atoms with van der Waals surface area (Å²) in [6.07, 6.45) is 4.62. The smallest absolute Gasteiger partial charge is 0.247 e. The van der Waals surface area contributed by atoms with Gasteiger partial charge in [0, 0.05) is 5.69 Å². The first-order valence-corrected chi connectivity index (χ1v) is 8.60. The van der Waals surface area contributed by atoms with Crippen LogP contribution in [0.4, 0.5) is 5.69 Å². The second kappa shape index (κ2) is 6.02. The summed E-state index contributed by atoms with van der Waals surface area (Å²) in [7, 11) is 0. The summed E-state index contributed by atoms with van der Waals surface area (Å²) in [6, 6.07) is 7.72. The molecule has 6 nitrogen and oxygen atoms in total. The zero-order valence-corrected chi connectivity index (χ0v) is 13.9. The normalized spacial score (nSPS) is 19.4. The molecule has 126 valence electrons. The third-order valence-electron chi connectivity index (χ3n) is 5.16. The summed E-state index contributed by atoms with van der Waals surface area (Å²) in [5.41, 5.74) is 1.87. The fourth-order valence-corrected chi connectivity index (χ4v) is 3.96. The molecule has 2 aromatic rings. The van der Waals surface area contributed by atoms with Crippen LogP contribution in [0.1, 0.15) is 43.0 Å². The maximum Gasteiger partial charge on any atom is 0.247 e. The van der Waals surface area contributed by atoms with E-state index in [1.165, 1.54) is 12.8 Å². The number of nitrogens with one attached hydrogen (secondary N) is 1. The van der Waals surface area contributed by atoms with Gasteiger partial charge in [-0.05, 0) is 57.8 Å². The molecule has 2 saturated heterocycles. The van der Waals surface area contributed by atoms with Gasteiger partial charge in [0.2, 0.25) is 11.8 Å². The number of aromatic nitrogens is 2. The fourth-order valence-electron chi connectivity index (χ4n) is 3.96. The predicted octanol–water partition coefficient (Wildman–Crippen LogP) is 2.64. The molecule has 2 aliphatic heterocycles. The Morgan fingerprint density at radius 2 is 1.96 bits per heavy atom. The van der Waals surface area contributed by atoms with Gasteiger partial charge in [0.25, 0.3) is 0 Å². The zero-order chi connectivity index (χ0) is 16.6. The molecule has 0 spiro atoms. The molecule has 1 amide bonds. The second-order valence-corrected chi connectivity index (χ2v) is 6.83. The van der Waals surface area contributed by atoms with E-state index in [0.717, 1.165) is 37.2 Å². The molecule has 4 rings (SSSR count). The summed E-state index contributed by atoms with van der Waals surface area (Å²) in [4.78, 5) is 19.2. The number of nitrogens with zero attached hydrogens (tertiary/aromatic N) is 3. The molecule has 0 unspecified atom stereocenters. The first-order valence-electron chi connectivity index (χ1n) is 8.60. The van der Waals surface area contributed by atoms with Crippen molar-refractivity contribution in [2.75, 3.05) is 18.4 Å². The van der Waals surface area contributed by atoms with Crippen LogP contribution >= 0.6 is 0 Å². The average molecular weight is 326 g/mol. The summed E-state index contributed by atoms with van der Waals surface area (Å²) >= 11 is 0. The summed E-state index contributed by atoms with van der Waals surface area (Å²) in [5, 5.41) is 6.91. The Hall–Kier alpha value is -2.21. The van der Waals surface area contributed by atoms with Crippen molar-refractivity contribution < 1.29 is 9.32 Å². The summed E-state index contributed by atoms with van der Waals surface area (Å²) < 4.78 is 5.54. The van der Waals surface area contributed by atoms with Crippen molar-refractivity contribution in [1.82, 2.24) is 15.0 Å². The van der Waals surface area contributed by atoms with Crippen LogP contribution in [0.15, 0.2) is 28.8 Å². The van der Waals surface area contributed by atoms with Gasteiger partial charge in [0.05, 0.1) is 6.42 Å². The highest BCUT2D eigenvalue weighted by molar-refractivity contribution is 5.91. The second-order valence-electron chi connectivity index (χ2n) is 6.83. The minimum Gasteiger partial charge on any atom is -0.337 e. The number of hydrogen-bond donors (Lipinski definition) is 1. The molecule has 2 fully saturated rings. The van der Waals surface area contributed by atoms with E-state index in [9.17, 15) is 4.79 Å². The van der Waals surface area contributed by atoms with Gasteiger partial charge in [-0.15, -0.1) is 0 Å². The van der Waals surface area contributed by atoms with Crippen LogP contribution in [-0.4, -0.2) is 34.0 Å². The van der Waals surface area contributed by atoms with Gasteiger partial charge in [-0.3, -0.25) is 9.69 Å². The molecule has 3 heterocycles. The van der Waals surface area contributed by atoms with E-state index in [1.54, 1.807) is 0 Å². The van der Waals surface area contributed by atoms with Crippen molar-refractivity contribution in [1.29, 1.82) is 0 Å². The van der Waals surface area contributed by atoms with Gasteiger partial charge in [0.15, 0.2) is 5.82 Å². The Balaban J connectivity index is 1.43. The van der Waals surface area contributed by atoms with E-state index in [-0.39, 0.29) is 17.9 Å². The lowest BCUT2D eigenvalue weighted by Gasteiger charge is -2.27. The molecule has 2 aliphatic rings. The quantitative estimate of drug-likeness (QED) is 0.935. The average Bonchev–Trinajstić information content (AvgIpc) is 3.24. The third-order valence-corrected chi connectivity index (χ3v) is 5.16. The van der Waals surface area contributed by atoms with Gasteiger partial charge in [-0.25, -0.2) is 0 Å². The summed E-state index contributed by atoms with van der Waals surface area (Å²) in [5.74, 6) is 1.02. The SMILES string of the molecule is Cc1ccc(NC(=O)Cc2noc(C34CCCN3CCC4)n2)cc1. The van der Waals surface area contributed by atoms with Crippen LogP contribution in [-0.2, 0) is 16.8 Å². The highest BCUT2D eigenvalue weighted by Crippen LogP contribution is 2.45.